The first-order valence-corrected chi connectivity index (χ1v) is 8.97. The summed E-state index contributed by atoms with van der Waals surface area (Å²) < 4.78 is 7.40. The van der Waals surface area contributed by atoms with Crippen LogP contribution >= 0.6 is 11.6 Å². The zero-order chi connectivity index (χ0) is 19.9. The fourth-order valence-corrected chi connectivity index (χ4v) is 2.77. The van der Waals surface area contributed by atoms with Gasteiger partial charge in [-0.15, -0.1) is 11.0 Å². The van der Waals surface area contributed by atoms with Crippen LogP contribution in [0.5, 0.6) is 5.75 Å². The van der Waals surface area contributed by atoms with E-state index in [4.69, 9.17) is 21.4 Å². The molecule has 142 valence electrons. The first-order chi connectivity index (χ1) is 13.5. The Morgan fingerprint density at radius 1 is 1.21 bits per heavy atom. The van der Waals surface area contributed by atoms with Crippen LogP contribution < -0.4 is 4.74 Å². The molecule has 0 radical (unpaired) electrons. The van der Waals surface area contributed by atoms with E-state index >= 15 is 0 Å². The lowest BCUT2D eigenvalue weighted by molar-refractivity contribution is -0.137. The van der Waals surface area contributed by atoms with Crippen molar-refractivity contribution in [3.8, 4) is 23.3 Å². The largest absolute Gasteiger partial charge is 0.487 e. The minimum Gasteiger partial charge on any atom is -0.487 e. The summed E-state index contributed by atoms with van der Waals surface area (Å²) in [6, 6.07) is 14.5. The molecule has 7 heteroatoms. The van der Waals surface area contributed by atoms with E-state index in [1.165, 1.54) is 0 Å². The quantitative estimate of drug-likeness (QED) is 0.610. The maximum absolute atomic E-state index is 11.0. The highest BCUT2D eigenvalue weighted by molar-refractivity contribution is 6.30. The van der Waals surface area contributed by atoms with Gasteiger partial charge >= 0.3 is 5.97 Å². The van der Waals surface area contributed by atoms with Crippen LogP contribution in [0.3, 0.4) is 0 Å². The molecule has 1 unspecified atom stereocenters. The fourth-order valence-electron chi connectivity index (χ4n) is 2.64. The summed E-state index contributed by atoms with van der Waals surface area (Å²) in [5.74, 6) is 5.15. The summed E-state index contributed by atoms with van der Waals surface area (Å²) in [6.45, 7) is 1.96. The number of hydrogen-bond donors (Lipinski definition) is 1. The number of halogens is 1. The van der Waals surface area contributed by atoms with Crippen LogP contribution in [-0.4, -0.2) is 26.1 Å². The number of ether oxygens (including phenoxy) is 1. The van der Waals surface area contributed by atoms with Gasteiger partial charge in [0.25, 0.3) is 0 Å². The van der Waals surface area contributed by atoms with Crippen molar-refractivity contribution < 1.29 is 14.6 Å². The molecule has 1 N–H and O–H groups in total. The summed E-state index contributed by atoms with van der Waals surface area (Å²) >= 11 is 5.89. The summed E-state index contributed by atoms with van der Waals surface area (Å²) in [5, 5.41) is 17.9. The molecule has 0 aliphatic carbocycles. The van der Waals surface area contributed by atoms with E-state index in [9.17, 15) is 4.79 Å². The van der Waals surface area contributed by atoms with Crippen molar-refractivity contribution in [2.24, 2.45) is 0 Å². The molecule has 28 heavy (non-hydrogen) atoms. The number of carboxylic acid groups (broad SMARTS) is 1. The average Bonchev–Trinajstić information content (AvgIpc) is 3.16. The van der Waals surface area contributed by atoms with Crippen molar-refractivity contribution in [1.29, 1.82) is 0 Å². The Morgan fingerprint density at radius 3 is 2.57 bits per heavy atom. The third-order valence-corrected chi connectivity index (χ3v) is 4.25. The number of carboxylic acids is 1. The van der Waals surface area contributed by atoms with Crippen LogP contribution in [0.1, 0.15) is 30.5 Å². The molecular weight excluding hydrogens is 378 g/mol. The van der Waals surface area contributed by atoms with Crippen LogP contribution in [0.25, 0.3) is 5.69 Å². The average molecular weight is 396 g/mol. The molecule has 0 spiro atoms. The molecule has 6 nitrogen and oxygen atoms in total. The summed E-state index contributed by atoms with van der Waals surface area (Å²) in [6.07, 6.45) is 1.76. The molecule has 3 aromatic rings. The highest BCUT2D eigenvalue weighted by Gasteiger charge is 2.13. The van der Waals surface area contributed by atoms with Crippen molar-refractivity contribution >= 4 is 17.6 Å². The van der Waals surface area contributed by atoms with E-state index in [0.29, 0.717) is 16.5 Å². The van der Waals surface area contributed by atoms with Gasteiger partial charge in [-0.25, -0.2) is 4.68 Å². The fraction of sp³-hybridized carbons (Fsp3) is 0.190. The second-order valence-electron chi connectivity index (χ2n) is 6.03. The summed E-state index contributed by atoms with van der Waals surface area (Å²) in [4.78, 5) is 11.0. The molecule has 0 fully saturated rings. The lowest BCUT2D eigenvalue weighted by Crippen LogP contribution is -2.04. The predicted octanol–water partition coefficient (Wildman–Crippen LogP) is 4.08. The van der Waals surface area contributed by atoms with Crippen LogP contribution in [0, 0.1) is 11.8 Å². The maximum atomic E-state index is 11.0. The number of carbonyl (C=O) groups is 1. The van der Waals surface area contributed by atoms with Crippen molar-refractivity contribution in [1.82, 2.24) is 15.0 Å². The Kier molecular flexibility index (Phi) is 6.30. The molecule has 0 saturated heterocycles. The molecule has 0 amide bonds. The van der Waals surface area contributed by atoms with E-state index in [1.807, 2.05) is 24.3 Å². The summed E-state index contributed by atoms with van der Waals surface area (Å²) in [7, 11) is 0. The van der Waals surface area contributed by atoms with E-state index < -0.39 is 5.97 Å². The first-order valence-electron chi connectivity index (χ1n) is 8.59. The molecule has 0 aliphatic heterocycles. The van der Waals surface area contributed by atoms with Crippen LogP contribution in [0.2, 0.25) is 5.02 Å². The van der Waals surface area contributed by atoms with E-state index in [2.05, 4.69) is 22.2 Å². The number of rotatable bonds is 7. The lowest BCUT2D eigenvalue weighted by atomic mass is 9.96. The van der Waals surface area contributed by atoms with Gasteiger partial charge in [0.15, 0.2) is 0 Å². The van der Waals surface area contributed by atoms with Gasteiger partial charge in [0.05, 0.1) is 24.2 Å². The Labute approximate surface area is 167 Å². The van der Waals surface area contributed by atoms with Crippen molar-refractivity contribution in [2.75, 3.05) is 0 Å². The smallest absolute Gasteiger partial charge is 0.304 e. The maximum Gasteiger partial charge on any atom is 0.304 e. The molecule has 1 aromatic heterocycles. The zero-order valence-corrected chi connectivity index (χ0v) is 15.9. The minimum atomic E-state index is -0.878. The van der Waals surface area contributed by atoms with Crippen LogP contribution in [0.4, 0.5) is 0 Å². The van der Waals surface area contributed by atoms with Crippen molar-refractivity contribution in [2.45, 2.75) is 25.9 Å². The van der Waals surface area contributed by atoms with Gasteiger partial charge in [-0.05, 0) is 48.9 Å². The van der Waals surface area contributed by atoms with Gasteiger partial charge in [0.1, 0.15) is 18.1 Å². The Morgan fingerprint density at radius 2 is 1.93 bits per heavy atom. The molecule has 0 saturated carbocycles. The lowest BCUT2D eigenvalue weighted by Gasteiger charge is -2.10. The number of hydrogen-bond acceptors (Lipinski definition) is 4. The minimum absolute atomic E-state index is 0.0329. The van der Waals surface area contributed by atoms with Gasteiger partial charge in [-0.1, -0.05) is 34.9 Å². The second kappa shape index (κ2) is 9.07. The van der Waals surface area contributed by atoms with E-state index in [0.717, 1.165) is 11.3 Å². The third kappa shape index (κ3) is 5.12. The van der Waals surface area contributed by atoms with Crippen molar-refractivity contribution in [3.05, 3.63) is 71.0 Å². The Balaban J connectivity index is 1.62. The Bertz CT molecular complexity index is 1000. The third-order valence-electron chi connectivity index (χ3n) is 4.00. The van der Waals surface area contributed by atoms with E-state index in [-0.39, 0.29) is 18.9 Å². The van der Waals surface area contributed by atoms with Crippen LogP contribution in [0.15, 0.2) is 54.7 Å². The number of aliphatic carboxylic acids is 1. The first kappa shape index (κ1) is 19.5. The zero-order valence-electron chi connectivity index (χ0n) is 15.2. The monoisotopic (exact) mass is 395 g/mol. The highest BCUT2D eigenvalue weighted by atomic mass is 35.5. The molecule has 0 aliphatic rings. The highest BCUT2D eigenvalue weighted by Crippen LogP contribution is 2.22. The van der Waals surface area contributed by atoms with Crippen LogP contribution in [-0.2, 0) is 11.4 Å². The normalized spacial score (nSPS) is 11.4. The van der Waals surface area contributed by atoms with E-state index in [1.54, 1.807) is 42.1 Å². The van der Waals surface area contributed by atoms with Gasteiger partial charge in [0, 0.05) is 5.02 Å². The number of benzene rings is 2. The number of nitrogens with zero attached hydrogens (tertiary/aromatic N) is 3. The molecular formula is C21H18ClN3O3. The van der Waals surface area contributed by atoms with Gasteiger partial charge < -0.3 is 9.84 Å². The number of aromatic nitrogens is 3. The van der Waals surface area contributed by atoms with Gasteiger partial charge in [-0.2, -0.15) is 0 Å². The van der Waals surface area contributed by atoms with Crippen molar-refractivity contribution in [3.63, 3.8) is 0 Å². The molecule has 1 heterocycles. The molecule has 0 bridgehead atoms. The molecule has 1 atom stereocenters. The standard InChI is InChI=1S/C21H18ClN3O3/c1-2-3-16(12-21(26)27)15-4-10-20(11-5-15)28-14-18-13-25(24-23-18)19-8-6-17(22)7-9-19/h4-11,13,16H,12,14H2,1H3,(H,26,27). The SMILES string of the molecule is CC#CC(CC(=O)O)c1ccc(OCc2cn(-c3ccc(Cl)cc3)nn2)cc1. The van der Waals surface area contributed by atoms with Gasteiger partial charge in [0.2, 0.25) is 0 Å². The summed E-state index contributed by atoms with van der Waals surface area (Å²) in [5.41, 5.74) is 2.38. The topological polar surface area (TPSA) is 77.2 Å². The molecule has 3 rings (SSSR count). The van der Waals surface area contributed by atoms with Gasteiger partial charge in [-0.3, -0.25) is 4.79 Å². The predicted molar refractivity (Wildman–Crippen MR) is 106 cm³/mol. The molecule has 2 aromatic carbocycles. The Hall–Kier alpha value is -3.30. The second-order valence-corrected chi connectivity index (χ2v) is 6.47.